The predicted molar refractivity (Wildman–Crippen MR) is 106 cm³/mol. The van der Waals surface area contributed by atoms with Crippen molar-refractivity contribution in [1.29, 1.82) is 0 Å². The van der Waals surface area contributed by atoms with Gasteiger partial charge in [0.15, 0.2) is 0 Å². The Labute approximate surface area is 158 Å². The van der Waals surface area contributed by atoms with Crippen molar-refractivity contribution in [3.05, 3.63) is 91.0 Å². The minimum atomic E-state index is -5.09. The molecule has 2 nitrogen and oxygen atoms in total. The summed E-state index contributed by atoms with van der Waals surface area (Å²) >= 11 is 0. The third-order valence-electron chi connectivity index (χ3n) is 3.46. The Balaban J connectivity index is 0.000000279. The van der Waals surface area contributed by atoms with Gasteiger partial charge in [0.2, 0.25) is 9.84 Å². The first kappa shape index (κ1) is 21.1. The van der Waals surface area contributed by atoms with Crippen LogP contribution < -0.4 is 15.9 Å². The molecule has 3 aromatic carbocycles. The Kier molecular flexibility index (Phi) is 7.17. The molecule has 0 saturated heterocycles. The highest BCUT2D eigenvalue weighted by Crippen LogP contribution is 2.32. The molecule has 27 heavy (non-hydrogen) atoms. The largest absolute Gasteiger partial charge is 0.497 e. The van der Waals surface area contributed by atoms with Gasteiger partial charge in [-0.05, 0) is 23.8 Å². The second-order valence-electron chi connectivity index (χ2n) is 5.56. The van der Waals surface area contributed by atoms with Crippen molar-refractivity contribution >= 4 is 33.7 Å². The Morgan fingerprint density at radius 1 is 0.630 bits per heavy atom. The van der Waals surface area contributed by atoms with Crippen LogP contribution in [0.1, 0.15) is 0 Å². The van der Waals surface area contributed by atoms with Crippen LogP contribution >= 0.6 is 7.92 Å². The average Bonchev–Trinajstić information content (AvgIpc) is 2.64. The van der Waals surface area contributed by atoms with Gasteiger partial charge in [0.05, 0.1) is 0 Å². The van der Waals surface area contributed by atoms with E-state index >= 15 is 0 Å². The molecule has 142 valence electrons. The van der Waals surface area contributed by atoms with Crippen molar-refractivity contribution in [2.45, 2.75) is 5.51 Å². The standard InChI is InChI=1S/C18H15P.C2H3F3O2S/c1-4-10-16(11-5-1)19(17-12-6-2-7-13-17)18-14-8-3-9-15-18;1-8(6,7)2(3,4)5/h1-15H;1H3. The summed E-state index contributed by atoms with van der Waals surface area (Å²) in [6.07, 6.45) is 0.118. The van der Waals surface area contributed by atoms with Crippen molar-refractivity contribution in [3.8, 4) is 0 Å². The quantitative estimate of drug-likeness (QED) is 0.612. The monoisotopic (exact) mass is 410 g/mol. The smallest absolute Gasteiger partial charge is 0.220 e. The molecule has 3 aromatic rings. The van der Waals surface area contributed by atoms with Crippen LogP contribution in [0.2, 0.25) is 0 Å². The molecule has 0 saturated carbocycles. The van der Waals surface area contributed by atoms with E-state index in [4.69, 9.17) is 0 Å². The van der Waals surface area contributed by atoms with E-state index < -0.39 is 23.3 Å². The van der Waals surface area contributed by atoms with Crippen LogP contribution in [0.3, 0.4) is 0 Å². The van der Waals surface area contributed by atoms with Gasteiger partial charge >= 0.3 is 5.51 Å². The molecule has 0 radical (unpaired) electrons. The molecule has 0 atom stereocenters. The fraction of sp³-hybridized carbons (Fsp3) is 0.100. The van der Waals surface area contributed by atoms with Crippen LogP contribution in [-0.2, 0) is 9.84 Å². The molecule has 0 heterocycles. The molecule has 0 aromatic heterocycles. The first-order valence-corrected chi connectivity index (χ1v) is 11.1. The van der Waals surface area contributed by atoms with E-state index in [0.717, 1.165) is 0 Å². The predicted octanol–water partition coefficient (Wildman–Crippen LogP) is 4.00. The van der Waals surface area contributed by atoms with Crippen molar-refractivity contribution in [2.24, 2.45) is 0 Å². The molecule has 0 fully saturated rings. The van der Waals surface area contributed by atoms with E-state index in [0.29, 0.717) is 0 Å². The van der Waals surface area contributed by atoms with Crippen LogP contribution in [0.25, 0.3) is 0 Å². The number of rotatable bonds is 3. The van der Waals surface area contributed by atoms with E-state index in [2.05, 4.69) is 91.0 Å². The number of hydrogen-bond acceptors (Lipinski definition) is 2. The van der Waals surface area contributed by atoms with Gasteiger partial charge in [0, 0.05) is 6.26 Å². The zero-order chi connectivity index (χ0) is 19.9. The lowest BCUT2D eigenvalue weighted by atomic mass is 10.4. The molecule has 0 unspecified atom stereocenters. The highest BCUT2D eigenvalue weighted by molar-refractivity contribution is 7.91. The van der Waals surface area contributed by atoms with Gasteiger partial charge in [-0.15, -0.1) is 0 Å². The molecule has 0 spiro atoms. The lowest BCUT2D eigenvalue weighted by Crippen LogP contribution is -2.20. The third-order valence-corrected chi connectivity index (χ3v) is 6.75. The molecular weight excluding hydrogens is 392 g/mol. The van der Waals surface area contributed by atoms with Gasteiger partial charge in [-0.2, -0.15) is 13.2 Å². The van der Waals surface area contributed by atoms with Crippen molar-refractivity contribution in [2.75, 3.05) is 6.26 Å². The van der Waals surface area contributed by atoms with Gasteiger partial charge in [-0.1, -0.05) is 91.0 Å². The molecule has 7 heteroatoms. The SMILES string of the molecule is CS(=O)(=O)C(F)(F)F.c1ccc(P(c2ccccc2)c2ccccc2)cc1. The van der Waals surface area contributed by atoms with Crippen molar-refractivity contribution in [3.63, 3.8) is 0 Å². The summed E-state index contributed by atoms with van der Waals surface area (Å²) in [7, 11) is -5.29. The summed E-state index contributed by atoms with van der Waals surface area (Å²) in [4.78, 5) is 0. The zero-order valence-corrected chi connectivity index (χ0v) is 16.2. The van der Waals surface area contributed by atoms with Gasteiger partial charge in [-0.3, -0.25) is 0 Å². The summed E-state index contributed by atoms with van der Waals surface area (Å²) in [6, 6.07) is 32.3. The minimum Gasteiger partial charge on any atom is -0.220 e. The summed E-state index contributed by atoms with van der Waals surface area (Å²) in [5.74, 6) is 0. The summed E-state index contributed by atoms with van der Waals surface area (Å²) in [6.45, 7) is 0. The minimum absolute atomic E-state index is 0.118. The van der Waals surface area contributed by atoms with E-state index in [9.17, 15) is 21.6 Å². The molecule has 0 aliphatic carbocycles. The number of sulfone groups is 1. The maximum absolute atomic E-state index is 11.0. The van der Waals surface area contributed by atoms with Crippen LogP contribution in [0, 0.1) is 0 Å². The molecule has 0 amide bonds. The number of alkyl halides is 3. The average molecular weight is 410 g/mol. The maximum atomic E-state index is 11.0. The maximum Gasteiger partial charge on any atom is 0.497 e. The van der Waals surface area contributed by atoms with Crippen LogP contribution in [0.4, 0.5) is 13.2 Å². The molecular formula is C20H18F3O2PS. The summed E-state index contributed by atoms with van der Waals surface area (Å²) in [5.41, 5.74) is -5.09. The molecule has 0 N–H and O–H groups in total. The first-order valence-electron chi connectivity index (χ1n) is 7.92. The highest BCUT2D eigenvalue weighted by Gasteiger charge is 2.41. The van der Waals surface area contributed by atoms with Gasteiger partial charge in [-0.25, -0.2) is 8.42 Å². The lowest BCUT2D eigenvalue weighted by Gasteiger charge is -2.18. The van der Waals surface area contributed by atoms with E-state index in [1.54, 1.807) is 0 Å². The Morgan fingerprint density at radius 2 is 0.852 bits per heavy atom. The molecule has 3 rings (SSSR count). The second-order valence-corrected chi connectivity index (χ2v) is 9.79. The van der Waals surface area contributed by atoms with E-state index in [1.165, 1.54) is 15.9 Å². The van der Waals surface area contributed by atoms with Crippen LogP contribution in [0.5, 0.6) is 0 Å². The van der Waals surface area contributed by atoms with E-state index in [1.807, 2.05) is 0 Å². The Hall–Kier alpha value is -2.17. The molecule has 0 aliphatic heterocycles. The first-order chi connectivity index (χ1) is 12.7. The van der Waals surface area contributed by atoms with Gasteiger partial charge < -0.3 is 0 Å². The fourth-order valence-electron chi connectivity index (χ4n) is 2.18. The summed E-state index contributed by atoms with van der Waals surface area (Å²) in [5, 5.41) is 4.19. The number of hydrogen-bond donors (Lipinski definition) is 0. The topological polar surface area (TPSA) is 34.1 Å². The van der Waals surface area contributed by atoms with Crippen LogP contribution in [-0.4, -0.2) is 20.2 Å². The third kappa shape index (κ3) is 6.19. The number of halogens is 3. The highest BCUT2D eigenvalue weighted by atomic mass is 32.2. The van der Waals surface area contributed by atoms with E-state index in [-0.39, 0.29) is 6.26 Å². The normalized spacial score (nSPS) is 11.6. The van der Waals surface area contributed by atoms with Gasteiger partial charge in [0.25, 0.3) is 0 Å². The molecule has 0 aliphatic rings. The second kappa shape index (κ2) is 9.16. The molecule has 0 bridgehead atoms. The fourth-order valence-corrected chi connectivity index (χ4v) is 4.48. The summed E-state index contributed by atoms with van der Waals surface area (Å²) < 4.78 is 52.0. The van der Waals surface area contributed by atoms with Crippen molar-refractivity contribution < 1.29 is 21.6 Å². The Bertz CT molecular complexity index is 835. The van der Waals surface area contributed by atoms with Crippen molar-refractivity contribution in [1.82, 2.24) is 0 Å². The number of benzene rings is 3. The lowest BCUT2D eigenvalue weighted by molar-refractivity contribution is -0.0429. The zero-order valence-electron chi connectivity index (χ0n) is 14.5. The van der Waals surface area contributed by atoms with Crippen LogP contribution in [0.15, 0.2) is 91.0 Å². The Morgan fingerprint density at radius 3 is 1.04 bits per heavy atom. The van der Waals surface area contributed by atoms with Gasteiger partial charge in [0.1, 0.15) is 0 Å².